The summed E-state index contributed by atoms with van der Waals surface area (Å²) in [6, 6.07) is 0.741. The second-order valence-corrected chi connectivity index (χ2v) is 5.65. The summed E-state index contributed by atoms with van der Waals surface area (Å²) in [5, 5.41) is 4.37. The van der Waals surface area contributed by atoms with Crippen LogP contribution in [-0.4, -0.2) is 29.2 Å². The van der Waals surface area contributed by atoms with E-state index in [0.717, 1.165) is 11.4 Å². The fraction of sp³-hybridized carbons (Fsp3) is 1.00. The van der Waals surface area contributed by atoms with Gasteiger partial charge in [0.1, 0.15) is 0 Å². The molecule has 3 heteroatoms. The monoisotopic (exact) mass is 205 g/mol. The van der Waals surface area contributed by atoms with Crippen LogP contribution in [0, 0.1) is 0 Å². The van der Waals surface area contributed by atoms with Gasteiger partial charge in [0.05, 0.1) is 5.37 Å². The molecule has 1 aliphatic heterocycles. The Hall–Kier alpha value is 0.660. The van der Waals surface area contributed by atoms with E-state index >= 15 is 0 Å². The first kappa shape index (κ1) is 10.7. The van der Waals surface area contributed by atoms with E-state index in [-0.39, 0.29) is 0 Å². The number of rotatable bonds is 4. The average molecular weight is 205 g/mol. The van der Waals surface area contributed by atoms with Crippen LogP contribution in [0.5, 0.6) is 0 Å². The van der Waals surface area contributed by atoms with Gasteiger partial charge in [0.25, 0.3) is 0 Å². The molecule has 1 nitrogen and oxygen atoms in total. The SMILES string of the molecule is CSCCCC1NC(C)CCS1. The van der Waals surface area contributed by atoms with Crippen LogP contribution in [0.3, 0.4) is 0 Å². The van der Waals surface area contributed by atoms with E-state index in [1.165, 1.54) is 30.8 Å². The lowest BCUT2D eigenvalue weighted by Crippen LogP contribution is -2.38. The molecule has 1 heterocycles. The molecule has 1 fully saturated rings. The van der Waals surface area contributed by atoms with Crippen molar-refractivity contribution >= 4 is 23.5 Å². The third kappa shape index (κ3) is 4.06. The Balaban J connectivity index is 2.06. The first-order chi connectivity index (χ1) is 5.83. The summed E-state index contributed by atoms with van der Waals surface area (Å²) in [6.45, 7) is 2.29. The lowest BCUT2D eigenvalue weighted by Gasteiger charge is -2.28. The van der Waals surface area contributed by atoms with Gasteiger partial charge in [0, 0.05) is 6.04 Å². The van der Waals surface area contributed by atoms with E-state index < -0.39 is 0 Å². The first-order valence-electron chi connectivity index (χ1n) is 4.69. The smallest absolute Gasteiger partial charge is 0.0534 e. The van der Waals surface area contributed by atoms with Crippen molar-refractivity contribution in [1.82, 2.24) is 5.32 Å². The summed E-state index contributed by atoms with van der Waals surface area (Å²) in [5.41, 5.74) is 0. The number of hydrogen-bond donors (Lipinski definition) is 1. The summed E-state index contributed by atoms with van der Waals surface area (Å²) in [4.78, 5) is 0. The summed E-state index contributed by atoms with van der Waals surface area (Å²) in [7, 11) is 0. The van der Waals surface area contributed by atoms with Gasteiger partial charge in [0.15, 0.2) is 0 Å². The van der Waals surface area contributed by atoms with Crippen molar-refractivity contribution < 1.29 is 0 Å². The van der Waals surface area contributed by atoms with Crippen LogP contribution >= 0.6 is 23.5 Å². The Bertz CT molecular complexity index is 119. The second-order valence-electron chi connectivity index (χ2n) is 3.35. The van der Waals surface area contributed by atoms with Crippen LogP contribution in [0.2, 0.25) is 0 Å². The standard InChI is InChI=1S/C9H19NS2/c1-8-5-7-12-9(10-8)4-3-6-11-2/h8-10H,3-7H2,1-2H3. The molecule has 0 aromatic heterocycles. The molecule has 0 aromatic rings. The van der Waals surface area contributed by atoms with Gasteiger partial charge in [-0.3, -0.25) is 0 Å². The highest BCUT2D eigenvalue weighted by Gasteiger charge is 2.16. The zero-order valence-electron chi connectivity index (χ0n) is 8.01. The van der Waals surface area contributed by atoms with Crippen LogP contribution < -0.4 is 5.32 Å². The Labute approximate surface area is 84.4 Å². The van der Waals surface area contributed by atoms with E-state index in [2.05, 4.69) is 30.3 Å². The van der Waals surface area contributed by atoms with E-state index in [0.29, 0.717) is 0 Å². The van der Waals surface area contributed by atoms with E-state index in [1.807, 2.05) is 11.8 Å². The fourth-order valence-electron chi connectivity index (χ4n) is 1.42. The van der Waals surface area contributed by atoms with Crippen molar-refractivity contribution in [3.8, 4) is 0 Å². The molecule has 1 rings (SSSR count). The lowest BCUT2D eigenvalue weighted by atomic mass is 10.2. The molecule has 0 bridgehead atoms. The highest BCUT2D eigenvalue weighted by atomic mass is 32.2. The third-order valence-electron chi connectivity index (χ3n) is 2.16. The van der Waals surface area contributed by atoms with Crippen molar-refractivity contribution in [3.63, 3.8) is 0 Å². The van der Waals surface area contributed by atoms with Crippen LogP contribution in [0.25, 0.3) is 0 Å². The Morgan fingerprint density at radius 1 is 1.58 bits per heavy atom. The molecule has 0 aliphatic carbocycles. The van der Waals surface area contributed by atoms with Gasteiger partial charge in [0.2, 0.25) is 0 Å². The van der Waals surface area contributed by atoms with Crippen molar-refractivity contribution in [1.29, 1.82) is 0 Å². The zero-order valence-corrected chi connectivity index (χ0v) is 9.64. The molecule has 2 unspecified atom stereocenters. The molecule has 1 N–H and O–H groups in total. The molecule has 0 spiro atoms. The number of hydrogen-bond acceptors (Lipinski definition) is 3. The van der Waals surface area contributed by atoms with Gasteiger partial charge in [-0.1, -0.05) is 0 Å². The highest BCUT2D eigenvalue weighted by molar-refractivity contribution is 7.99. The summed E-state index contributed by atoms with van der Waals surface area (Å²) >= 11 is 4.05. The van der Waals surface area contributed by atoms with Gasteiger partial charge in [-0.25, -0.2) is 0 Å². The van der Waals surface area contributed by atoms with Gasteiger partial charge in [-0.2, -0.15) is 11.8 Å². The Kier molecular flexibility index (Phi) is 5.52. The Morgan fingerprint density at radius 3 is 3.08 bits per heavy atom. The molecule has 0 aromatic carbocycles. The summed E-state index contributed by atoms with van der Waals surface area (Å²) in [5.74, 6) is 2.66. The van der Waals surface area contributed by atoms with Crippen molar-refractivity contribution in [2.24, 2.45) is 0 Å². The molecule has 0 amide bonds. The van der Waals surface area contributed by atoms with Gasteiger partial charge >= 0.3 is 0 Å². The largest absolute Gasteiger partial charge is 0.303 e. The summed E-state index contributed by atoms with van der Waals surface area (Å²) in [6.07, 6.45) is 6.22. The minimum atomic E-state index is 0.737. The lowest BCUT2D eigenvalue weighted by molar-refractivity contribution is 0.484. The maximum Gasteiger partial charge on any atom is 0.0534 e. The van der Waals surface area contributed by atoms with Crippen molar-refractivity contribution in [2.45, 2.75) is 37.6 Å². The van der Waals surface area contributed by atoms with Gasteiger partial charge < -0.3 is 5.32 Å². The molecule has 1 aliphatic rings. The predicted molar refractivity (Wildman–Crippen MR) is 61.1 cm³/mol. The molecule has 2 atom stereocenters. The molecular formula is C9H19NS2. The maximum absolute atomic E-state index is 3.63. The van der Waals surface area contributed by atoms with Crippen molar-refractivity contribution in [3.05, 3.63) is 0 Å². The maximum atomic E-state index is 3.63. The highest BCUT2D eigenvalue weighted by Crippen LogP contribution is 2.21. The topological polar surface area (TPSA) is 12.0 Å². The molecular weight excluding hydrogens is 186 g/mol. The van der Waals surface area contributed by atoms with Crippen LogP contribution in [0.15, 0.2) is 0 Å². The molecule has 0 radical (unpaired) electrons. The predicted octanol–water partition coefficient (Wildman–Crippen LogP) is 2.57. The van der Waals surface area contributed by atoms with E-state index in [4.69, 9.17) is 0 Å². The minimum Gasteiger partial charge on any atom is -0.303 e. The quantitative estimate of drug-likeness (QED) is 0.709. The fourth-order valence-corrected chi connectivity index (χ4v) is 3.31. The van der Waals surface area contributed by atoms with Crippen LogP contribution in [-0.2, 0) is 0 Å². The first-order valence-corrected chi connectivity index (χ1v) is 7.14. The zero-order chi connectivity index (χ0) is 8.81. The average Bonchev–Trinajstić information content (AvgIpc) is 2.05. The van der Waals surface area contributed by atoms with E-state index in [1.54, 1.807) is 0 Å². The number of nitrogens with one attached hydrogen (secondary N) is 1. The van der Waals surface area contributed by atoms with Gasteiger partial charge in [-0.15, -0.1) is 11.8 Å². The van der Waals surface area contributed by atoms with E-state index in [9.17, 15) is 0 Å². The molecule has 0 saturated carbocycles. The van der Waals surface area contributed by atoms with Crippen LogP contribution in [0.1, 0.15) is 26.2 Å². The molecule has 72 valence electrons. The normalized spacial score (nSPS) is 30.5. The number of thioether (sulfide) groups is 2. The Morgan fingerprint density at radius 2 is 2.42 bits per heavy atom. The second kappa shape index (κ2) is 6.17. The van der Waals surface area contributed by atoms with Gasteiger partial charge in [-0.05, 0) is 43.9 Å². The summed E-state index contributed by atoms with van der Waals surface area (Å²) < 4.78 is 0. The third-order valence-corrected chi connectivity index (χ3v) is 4.10. The minimum absolute atomic E-state index is 0.737. The molecule has 1 saturated heterocycles. The van der Waals surface area contributed by atoms with Crippen LogP contribution in [0.4, 0.5) is 0 Å². The van der Waals surface area contributed by atoms with Crippen molar-refractivity contribution in [2.75, 3.05) is 17.8 Å². The molecule has 12 heavy (non-hydrogen) atoms.